The zero-order valence-electron chi connectivity index (χ0n) is 15.6. The van der Waals surface area contributed by atoms with Crippen molar-refractivity contribution in [3.05, 3.63) is 83.4 Å². The predicted molar refractivity (Wildman–Crippen MR) is 105 cm³/mol. The van der Waals surface area contributed by atoms with Gasteiger partial charge in [-0.2, -0.15) is 13.2 Å². The third-order valence-electron chi connectivity index (χ3n) is 5.26. The molecule has 0 spiro atoms. The van der Waals surface area contributed by atoms with E-state index in [9.17, 15) is 13.2 Å². The molecule has 0 radical (unpaired) electrons. The van der Waals surface area contributed by atoms with Crippen LogP contribution >= 0.6 is 0 Å². The monoisotopic (exact) mass is 371 g/mol. The highest BCUT2D eigenvalue weighted by Crippen LogP contribution is 2.40. The minimum atomic E-state index is -4.36. The van der Waals surface area contributed by atoms with E-state index in [2.05, 4.69) is 12.2 Å². The third-order valence-corrected chi connectivity index (χ3v) is 5.26. The molecule has 0 aliphatic carbocycles. The number of rotatable bonds is 6. The molecule has 3 aromatic carbocycles. The number of hydrogen-bond acceptors (Lipinski definition) is 1. The summed E-state index contributed by atoms with van der Waals surface area (Å²) < 4.78 is 40.0. The molecule has 0 saturated heterocycles. The van der Waals surface area contributed by atoms with Crippen LogP contribution in [0, 0.1) is 0 Å². The van der Waals surface area contributed by atoms with Gasteiger partial charge in [-0.25, -0.2) is 0 Å². The molecule has 0 aromatic heterocycles. The minimum Gasteiger partial charge on any atom is -0.307 e. The van der Waals surface area contributed by atoms with Crippen molar-refractivity contribution >= 4 is 10.8 Å². The van der Waals surface area contributed by atoms with Crippen LogP contribution in [0.5, 0.6) is 0 Å². The van der Waals surface area contributed by atoms with Crippen molar-refractivity contribution in [3.8, 4) is 0 Å². The summed E-state index contributed by atoms with van der Waals surface area (Å²) in [5.41, 5.74) is 0.356. The van der Waals surface area contributed by atoms with Crippen LogP contribution in [0.2, 0.25) is 0 Å². The lowest BCUT2D eigenvalue weighted by Crippen LogP contribution is -2.41. The quantitative estimate of drug-likeness (QED) is 0.521. The Kier molecular flexibility index (Phi) is 5.56. The zero-order chi connectivity index (χ0) is 19.5. The molecule has 4 heteroatoms. The van der Waals surface area contributed by atoms with Gasteiger partial charge in [0.05, 0.1) is 11.1 Å². The summed E-state index contributed by atoms with van der Waals surface area (Å²) in [6.07, 6.45) is -1.78. The van der Waals surface area contributed by atoms with Gasteiger partial charge in [0.25, 0.3) is 0 Å². The standard InChI is InChI=1S/C23H24F3N/c1-3-4-15-22(27-2,18-11-8-12-19(16-18)23(24,25)26)21-14-7-10-17-9-5-6-13-20(17)21/h5-14,16,27H,3-4,15H2,1-2H3. The van der Waals surface area contributed by atoms with Gasteiger partial charge in [-0.05, 0) is 47.5 Å². The minimum absolute atomic E-state index is 0.614. The molecule has 27 heavy (non-hydrogen) atoms. The van der Waals surface area contributed by atoms with Crippen LogP contribution in [0.3, 0.4) is 0 Å². The van der Waals surface area contributed by atoms with Crippen molar-refractivity contribution in [2.24, 2.45) is 0 Å². The lowest BCUT2D eigenvalue weighted by Gasteiger charge is -2.36. The Hall–Kier alpha value is -2.33. The third kappa shape index (κ3) is 3.72. The van der Waals surface area contributed by atoms with Crippen molar-refractivity contribution in [2.45, 2.75) is 37.9 Å². The van der Waals surface area contributed by atoms with E-state index in [1.54, 1.807) is 6.07 Å². The Morgan fingerprint density at radius 1 is 0.852 bits per heavy atom. The second-order valence-corrected chi connectivity index (χ2v) is 6.86. The highest BCUT2D eigenvalue weighted by molar-refractivity contribution is 5.87. The number of hydrogen-bond donors (Lipinski definition) is 1. The molecular weight excluding hydrogens is 347 g/mol. The molecule has 0 heterocycles. The molecule has 1 unspecified atom stereocenters. The molecule has 1 N–H and O–H groups in total. The van der Waals surface area contributed by atoms with Crippen molar-refractivity contribution in [3.63, 3.8) is 0 Å². The molecule has 3 rings (SSSR count). The summed E-state index contributed by atoms with van der Waals surface area (Å²) in [7, 11) is 1.83. The summed E-state index contributed by atoms with van der Waals surface area (Å²) >= 11 is 0. The van der Waals surface area contributed by atoms with Crippen molar-refractivity contribution in [1.82, 2.24) is 5.32 Å². The van der Waals surface area contributed by atoms with E-state index >= 15 is 0 Å². The van der Waals surface area contributed by atoms with Crippen LogP contribution in [-0.4, -0.2) is 7.05 Å². The van der Waals surface area contributed by atoms with E-state index in [0.717, 1.165) is 41.7 Å². The highest BCUT2D eigenvalue weighted by atomic mass is 19.4. The average Bonchev–Trinajstić information content (AvgIpc) is 2.68. The molecule has 0 aliphatic rings. The second-order valence-electron chi connectivity index (χ2n) is 6.86. The molecule has 0 amide bonds. The van der Waals surface area contributed by atoms with E-state index in [1.165, 1.54) is 12.1 Å². The van der Waals surface area contributed by atoms with Gasteiger partial charge in [-0.1, -0.05) is 74.4 Å². The Morgan fingerprint density at radius 3 is 2.22 bits per heavy atom. The number of alkyl halides is 3. The van der Waals surface area contributed by atoms with E-state index < -0.39 is 17.3 Å². The van der Waals surface area contributed by atoms with E-state index in [0.29, 0.717) is 5.56 Å². The fraction of sp³-hybridized carbons (Fsp3) is 0.304. The molecule has 1 atom stereocenters. The maximum Gasteiger partial charge on any atom is 0.416 e. The molecule has 3 aromatic rings. The number of halogens is 3. The van der Waals surface area contributed by atoms with Crippen LogP contribution in [0.4, 0.5) is 13.2 Å². The van der Waals surface area contributed by atoms with E-state index in [4.69, 9.17) is 0 Å². The van der Waals surface area contributed by atoms with Gasteiger partial charge in [-0.3, -0.25) is 0 Å². The van der Waals surface area contributed by atoms with Crippen LogP contribution in [0.1, 0.15) is 42.9 Å². The van der Waals surface area contributed by atoms with Gasteiger partial charge in [0, 0.05) is 0 Å². The number of unbranched alkanes of at least 4 members (excludes halogenated alkanes) is 1. The first-order chi connectivity index (χ1) is 12.9. The Morgan fingerprint density at radius 2 is 1.52 bits per heavy atom. The van der Waals surface area contributed by atoms with Crippen LogP contribution < -0.4 is 5.32 Å². The lowest BCUT2D eigenvalue weighted by molar-refractivity contribution is -0.137. The van der Waals surface area contributed by atoms with Gasteiger partial charge in [0.1, 0.15) is 0 Å². The highest BCUT2D eigenvalue weighted by Gasteiger charge is 2.36. The van der Waals surface area contributed by atoms with Gasteiger partial charge in [0.15, 0.2) is 0 Å². The Labute approximate surface area is 158 Å². The summed E-state index contributed by atoms with van der Waals surface area (Å²) in [6.45, 7) is 2.09. The molecular formula is C23H24F3N. The first-order valence-electron chi connectivity index (χ1n) is 9.27. The normalized spacial score (nSPS) is 14.3. The summed E-state index contributed by atoms with van der Waals surface area (Å²) in [6, 6.07) is 19.8. The summed E-state index contributed by atoms with van der Waals surface area (Å²) in [5, 5.41) is 5.53. The van der Waals surface area contributed by atoms with Crippen molar-refractivity contribution in [1.29, 1.82) is 0 Å². The largest absolute Gasteiger partial charge is 0.416 e. The smallest absolute Gasteiger partial charge is 0.307 e. The topological polar surface area (TPSA) is 12.0 Å². The number of fused-ring (bicyclic) bond motifs is 1. The second kappa shape index (κ2) is 7.73. The SMILES string of the molecule is CCCCC(NC)(c1cccc(C(F)(F)F)c1)c1cccc2ccccc12. The molecule has 0 saturated carbocycles. The van der Waals surface area contributed by atoms with Crippen molar-refractivity contribution in [2.75, 3.05) is 7.05 Å². The molecule has 1 nitrogen and oxygen atoms in total. The Bertz CT molecular complexity index is 911. The maximum atomic E-state index is 13.3. The zero-order valence-corrected chi connectivity index (χ0v) is 15.6. The summed E-state index contributed by atoms with van der Waals surface area (Å²) in [5.74, 6) is 0. The van der Waals surface area contributed by atoms with Crippen LogP contribution in [0.25, 0.3) is 10.8 Å². The number of benzene rings is 3. The van der Waals surface area contributed by atoms with E-state index in [1.807, 2.05) is 49.5 Å². The Balaban J connectivity index is 2.27. The predicted octanol–water partition coefficient (Wildman–Crippen LogP) is 6.51. The van der Waals surface area contributed by atoms with Crippen LogP contribution in [-0.2, 0) is 11.7 Å². The van der Waals surface area contributed by atoms with E-state index in [-0.39, 0.29) is 0 Å². The summed E-state index contributed by atoms with van der Waals surface area (Å²) in [4.78, 5) is 0. The fourth-order valence-corrected chi connectivity index (χ4v) is 3.84. The lowest BCUT2D eigenvalue weighted by atomic mass is 9.76. The fourth-order valence-electron chi connectivity index (χ4n) is 3.84. The van der Waals surface area contributed by atoms with Gasteiger partial charge in [-0.15, -0.1) is 0 Å². The van der Waals surface area contributed by atoms with Gasteiger partial charge in [0.2, 0.25) is 0 Å². The first-order valence-corrected chi connectivity index (χ1v) is 9.27. The molecule has 142 valence electrons. The van der Waals surface area contributed by atoms with Crippen LogP contribution in [0.15, 0.2) is 66.7 Å². The van der Waals surface area contributed by atoms with Gasteiger partial charge < -0.3 is 5.32 Å². The molecule has 0 aliphatic heterocycles. The average molecular weight is 371 g/mol. The first kappa shape index (κ1) is 19.4. The van der Waals surface area contributed by atoms with Crippen molar-refractivity contribution < 1.29 is 13.2 Å². The van der Waals surface area contributed by atoms with Gasteiger partial charge >= 0.3 is 6.18 Å². The number of nitrogens with one attached hydrogen (secondary N) is 1. The molecule has 0 bridgehead atoms. The maximum absolute atomic E-state index is 13.3. The molecule has 0 fully saturated rings.